The summed E-state index contributed by atoms with van der Waals surface area (Å²) in [6.45, 7) is 7.39. The topological polar surface area (TPSA) is 0 Å². The van der Waals surface area contributed by atoms with Crippen molar-refractivity contribution >= 4 is 40.4 Å². The summed E-state index contributed by atoms with van der Waals surface area (Å²) in [7, 11) is 22.1. The van der Waals surface area contributed by atoms with Crippen molar-refractivity contribution in [3.63, 3.8) is 0 Å². The number of quaternary nitrogens is 1. The molecule has 0 spiro atoms. The molecule has 0 radical (unpaired) electrons. The first-order chi connectivity index (χ1) is 21.1. The molecule has 0 amide bonds. The van der Waals surface area contributed by atoms with Crippen LogP contribution in [0.15, 0.2) is 0 Å². The minimum absolute atomic E-state index is 1.25. The van der Waals surface area contributed by atoms with Gasteiger partial charge in [0.2, 0.25) is 0 Å². The van der Waals surface area contributed by atoms with E-state index in [1.54, 1.807) is 0 Å². The predicted octanol–water partition coefficient (Wildman–Crippen LogP) is 16.3. The number of nitrogens with zero attached hydrogens (tertiary/aromatic N) is 1. The molecule has 0 N–H and O–H groups in total. The number of hydrogen-bond donors (Lipinski definition) is 0. The molecule has 0 atom stereocenters. The average molecular weight is 749 g/mol. The summed E-state index contributed by atoms with van der Waals surface area (Å²) in [6.07, 6.45) is 46.9. The Bertz CT molecular complexity index is 483. The standard InChI is InChI=1S/C38H80N.4ClH.Fe/c1-5-7-9-11-13-15-17-19-21-23-25-27-29-31-33-35-37-39(3,4)38-36-34-32-30-28-26-24-22-20-18-16-14-12-10-8-6-2;;;;;/h5-38H2,1-4H3;4*1H;/q+1;;;;;+3/p-4. The molecule has 0 aromatic carbocycles. The van der Waals surface area contributed by atoms with Gasteiger partial charge in [-0.05, 0) is 25.7 Å². The molecule has 1 nitrogen and oxygen atoms in total. The van der Waals surface area contributed by atoms with Crippen LogP contribution in [0.3, 0.4) is 0 Å². The first-order valence-electron chi connectivity index (χ1n) is 19.5. The van der Waals surface area contributed by atoms with Crippen molar-refractivity contribution in [3.8, 4) is 0 Å². The first kappa shape index (κ1) is 47.8. The second kappa shape index (κ2) is 37.5. The van der Waals surface area contributed by atoms with Gasteiger partial charge in [0.05, 0.1) is 27.2 Å². The van der Waals surface area contributed by atoms with Crippen LogP contribution >= 0.6 is 40.4 Å². The van der Waals surface area contributed by atoms with E-state index < -0.39 is 9.20 Å². The average Bonchev–Trinajstić information content (AvgIpc) is 2.96. The van der Waals surface area contributed by atoms with Crippen molar-refractivity contribution in [2.75, 3.05) is 27.2 Å². The van der Waals surface area contributed by atoms with Gasteiger partial charge in [0.25, 0.3) is 0 Å². The summed E-state index contributed by atoms with van der Waals surface area (Å²) in [6, 6.07) is 0. The Kier molecular flexibility index (Phi) is 40.7. The Morgan fingerprint density at radius 2 is 0.432 bits per heavy atom. The van der Waals surface area contributed by atoms with Crippen LogP contribution in [0.2, 0.25) is 0 Å². The van der Waals surface area contributed by atoms with Crippen molar-refractivity contribution in [2.24, 2.45) is 0 Å². The summed E-state index contributed by atoms with van der Waals surface area (Å²) in [5.41, 5.74) is 0. The third-order valence-corrected chi connectivity index (χ3v) is 9.23. The summed E-state index contributed by atoms with van der Waals surface area (Å²) in [4.78, 5) is 0. The van der Waals surface area contributed by atoms with Crippen molar-refractivity contribution in [1.29, 1.82) is 0 Å². The van der Waals surface area contributed by atoms with Gasteiger partial charge in [0.1, 0.15) is 0 Å². The van der Waals surface area contributed by atoms with Gasteiger partial charge in [0, 0.05) is 0 Å². The molecule has 0 saturated carbocycles. The van der Waals surface area contributed by atoms with Gasteiger partial charge in [0.15, 0.2) is 0 Å². The normalized spacial score (nSPS) is 12.4. The number of hydrogen-bond acceptors (Lipinski definition) is 0. The zero-order valence-corrected chi connectivity index (χ0v) is 34.5. The van der Waals surface area contributed by atoms with E-state index in [9.17, 15) is 0 Å². The van der Waals surface area contributed by atoms with E-state index >= 15 is 0 Å². The van der Waals surface area contributed by atoms with Gasteiger partial charge in [-0.2, -0.15) is 0 Å². The molecule has 0 unspecified atom stereocenters. The summed E-state index contributed by atoms with van der Waals surface area (Å²) < 4.78 is 1.25. The van der Waals surface area contributed by atoms with Crippen LogP contribution in [-0.2, 0) is 9.20 Å². The second-order valence-electron chi connectivity index (χ2n) is 14.3. The van der Waals surface area contributed by atoms with Crippen LogP contribution < -0.4 is 0 Å². The Hall–Kier alpha value is 1.64. The SMILES string of the molecule is CCCCCCCCCCCCCCCCCC[N+](C)(C)CCCCCCCCCCCCCCCCCC.[Cl][Fe-]([Cl])([Cl])[Cl]. The molecule has 0 aliphatic carbocycles. The Balaban J connectivity index is 0. The van der Waals surface area contributed by atoms with Gasteiger partial charge in [-0.25, -0.2) is 0 Å². The summed E-state index contributed by atoms with van der Waals surface area (Å²) in [5, 5.41) is 0. The van der Waals surface area contributed by atoms with Gasteiger partial charge >= 0.3 is 49.6 Å². The fourth-order valence-electron chi connectivity index (χ4n) is 6.29. The molecule has 44 heavy (non-hydrogen) atoms. The molecule has 0 fully saturated rings. The maximum absolute atomic E-state index is 4.95. The summed E-state index contributed by atoms with van der Waals surface area (Å²) >= 11 is 0. The van der Waals surface area contributed by atoms with Gasteiger partial charge in [-0.3, -0.25) is 0 Å². The molecule has 0 bridgehead atoms. The van der Waals surface area contributed by atoms with Crippen molar-refractivity contribution in [3.05, 3.63) is 0 Å². The third kappa shape index (κ3) is 50.5. The molecule has 0 rings (SSSR count). The molecule has 0 aromatic rings. The quantitative estimate of drug-likeness (QED) is 0.0349. The monoisotopic (exact) mass is 746 g/mol. The van der Waals surface area contributed by atoms with Crippen LogP contribution in [0.4, 0.5) is 0 Å². The molecule has 0 aliphatic heterocycles. The van der Waals surface area contributed by atoms with E-state index in [0.29, 0.717) is 0 Å². The molecule has 0 heterocycles. The van der Waals surface area contributed by atoms with Crippen LogP contribution in [0, 0.1) is 0 Å². The second-order valence-corrected chi connectivity index (χ2v) is 25.2. The number of halogens is 4. The van der Waals surface area contributed by atoms with E-state index in [0.717, 1.165) is 0 Å². The van der Waals surface area contributed by atoms with E-state index in [2.05, 4.69) is 27.9 Å². The van der Waals surface area contributed by atoms with E-state index in [-0.39, 0.29) is 0 Å². The van der Waals surface area contributed by atoms with E-state index in [1.807, 2.05) is 0 Å². The molecule has 0 saturated heterocycles. The predicted molar refractivity (Wildman–Crippen MR) is 204 cm³/mol. The number of unbranched alkanes of at least 4 members (excludes halogenated alkanes) is 30. The van der Waals surface area contributed by atoms with Crippen molar-refractivity contribution in [2.45, 2.75) is 219 Å². The Morgan fingerprint density at radius 1 is 0.295 bits per heavy atom. The maximum atomic E-state index is 4.95. The van der Waals surface area contributed by atoms with E-state index in [4.69, 9.17) is 40.4 Å². The fourth-order valence-corrected chi connectivity index (χ4v) is 6.29. The van der Waals surface area contributed by atoms with Crippen molar-refractivity contribution < 1.29 is 13.7 Å². The zero-order chi connectivity index (χ0) is 33.0. The third-order valence-electron chi connectivity index (χ3n) is 9.23. The summed E-state index contributed by atoms with van der Waals surface area (Å²) in [5.74, 6) is 0. The van der Waals surface area contributed by atoms with Gasteiger partial charge in [-0.1, -0.05) is 194 Å². The molecule has 273 valence electrons. The fraction of sp³-hybridized carbons (Fsp3) is 1.00. The first-order valence-corrected chi connectivity index (χ1v) is 25.6. The van der Waals surface area contributed by atoms with Crippen LogP contribution in [0.5, 0.6) is 0 Å². The molecule has 6 heteroatoms. The minimum atomic E-state index is -2.61. The Morgan fingerprint density at radius 3 is 0.591 bits per heavy atom. The van der Waals surface area contributed by atoms with Crippen LogP contribution in [0.25, 0.3) is 0 Å². The molecule has 0 aromatic heterocycles. The van der Waals surface area contributed by atoms with Gasteiger partial charge in [-0.15, -0.1) is 0 Å². The van der Waals surface area contributed by atoms with E-state index in [1.165, 1.54) is 223 Å². The zero-order valence-electron chi connectivity index (χ0n) is 30.4. The molecule has 0 aliphatic rings. The molecular weight excluding hydrogens is 668 g/mol. The van der Waals surface area contributed by atoms with Crippen molar-refractivity contribution in [1.82, 2.24) is 0 Å². The molecular formula is C38H80Cl4FeN. The van der Waals surface area contributed by atoms with Crippen LogP contribution in [-0.4, -0.2) is 31.7 Å². The Labute approximate surface area is 298 Å². The number of rotatable bonds is 34. The van der Waals surface area contributed by atoms with Gasteiger partial charge < -0.3 is 4.48 Å². The van der Waals surface area contributed by atoms with Crippen LogP contribution in [0.1, 0.15) is 219 Å².